The van der Waals surface area contributed by atoms with Crippen LogP contribution in [0.25, 0.3) is 0 Å². The maximum Gasteiger partial charge on any atom is 0.288 e. The van der Waals surface area contributed by atoms with Crippen LogP contribution >= 0.6 is 11.8 Å². The Morgan fingerprint density at radius 1 is 1.18 bits per heavy atom. The number of thioether (sulfide) groups is 1. The van der Waals surface area contributed by atoms with Gasteiger partial charge in [-0.2, -0.15) is 8.78 Å². The molecule has 116 valence electrons. The van der Waals surface area contributed by atoms with Gasteiger partial charge in [0.15, 0.2) is 0 Å². The third-order valence-corrected chi connectivity index (χ3v) is 3.90. The summed E-state index contributed by atoms with van der Waals surface area (Å²) in [4.78, 5) is 12.5. The van der Waals surface area contributed by atoms with Gasteiger partial charge >= 0.3 is 0 Å². The highest BCUT2D eigenvalue weighted by Gasteiger charge is 2.09. The molecule has 0 aliphatic rings. The molecule has 0 bridgehead atoms. The molecule has 2 aromatic rings. The Morgan fingerprint density at radius 3 is 2.68 bits per heavy atom. The molecule has 22 heavy (non-hydrogen) atoms. The third-order valence-electron chi connectivity index (χ3n) is 3.20. The van der Waals surface area contributed by atoms with Gasteiger partial charge in [-0.25, -0.2) is 0 Å². The van der Waals surface area contributed by atoms with E-state index in [0.717, 1.165) is 16.7 Å². The summed E-state index contributed by atoms with van der Waals surface area (Å²) in [5, 5.41) is 2.75. The minimum atomic E-state index is -2.47. The van der Waals surface area contributed by atoms with E-state index in [4.69, 9.17) is 0 Å². The Labute approximate surface area is 132 Å². The van der Waals surface area contributed by atoms with E-state index in [1.807, 2.05) is 32.0 Å². The zero-order valence-electron chi connectivity index (χ0n) is 12.4. The quantitative estimate of drug-likeness (QED) is 0.802. The average Bonchev–Trinajstić information content (AvgIpc) is 2.42. The molecule has 0 aliphatic heterocycles. The Bertz CT molecular complexity index is 673. The lowest BCUT2D eigenvalue weighted by Crippen LogP contribution is -2.15. The summed E-state index contributed by atoms with van der Waals surface area (Å²) in [5.74, 6) is -2.63. The first-order valence-corrected chi connectivity index (χ1v) is 7.73. The molecule has 0 saturated heterocycles. The van der Waals surface area contributed by atoms with Gasteiger partial charge in [-0.15, -0.1) is 0 Å². The summed E-state index contributed by atoms with van der Waals surface area (Å²) < 4.78 is 24.7. The van der Waals surface area contributed by atoms with Crippen LogP contribution in [0.3, 0.4) is 0 Å². The monoisotopic (exact) mass is 321 g/mol. The normalized spacial score (nSPS) is 10.8. The number of nitrogens with one attached hydrogen (secondary N) is 1. The van der Waals surface area contributed by atoms with Gasteiger partial charge in [-0.1, -0.05) is 41.6 Å². The van der Waals surface area contributed by atoms with Crippen molar-refractivity contribution in [3.05, 3.63) is 59.2 Å². The molecule has 0 atom stereocenters. The van der Waals surface area contributed by atoms with Crippen LogP contribution in [0.5, 0.6) is 0 Å². The maximum atomic E-state index is 12.4. The lowest BCUT2D eigenvalue weighted by atomic mass is 10.0. The van der Waals surface area contributed by atoms with Gasteiger partial charge in [0.05, 0.1) is 6.42 Å². The van der Waals surface area contributed by atoms with E-state index in [1.165, 1.54) is 0 Å². The van der Waals surface area contributed by atoms with E-state index in [9.17, 15) is 13.6 Å². The van der Waals surface area contributed by atoms with Crippen molar-refractivity contribution >= 4 is 23.4 Å². The van der Waals surface area contributed by atoms with Crippen LogP contribution in [0.15, 0.2) is 47.4 Å². The second-order valence-corrected chi connectivity index (χ2v) is 6.12. The van der Waals surface area contributed by atoms with E-state index in [2.05, 4.69) is 5.32 Å². The van der Waals surface area contributed by atoms with Crippen molar-refractivity contribution in [1.82, 2.24) is 0 Å². The number of rotatable bonds is 5. The summed E-state index contributed by atoms with van der Waals surface area (Å²) >= 11 is 0.463. The van der Waals surface area contributed by atoms with E-state index in [0.29, 0.717) is 22.3 Å². The number of hydrogen-bond donors (Lipinski definition) is 1. The minimum Gasteiger partial charge on any atom is -0.326 e. The number of aryl methyl sites for hydroxylation is 2. The van der Waals surface area contributed by atoms with Crippen LogP contribution in [-0.4, -0.2) is 11.7 Å². The predicted octanol–water partition coefficient (Wildman–Crippen LogP) is 4.80. The van der Waals surface area contributed by atoms with E-state index in [-0.39, 0.29) is 12.3 Å². The summed E-state index contributed by atoms with van der Waals surface area (Å²) in [7, 11) is 0. The first kappa shape index (κ1) is 16.5. The molecule has 0 aromatic heterocycles. The molecule has 0 radical (unpaired) electrons. The third kappa shape index (κ3) is 4.84. The van der Waals surface area contributed by atoms with Crippen molar-refractivity contribution in [3.63, 3.8) is 0 Å². The van der Waals surface area contributed by atoms with Crippen molar-refractivity contribution in [2.24, 2.45) is 0 Å². The molecule has 2 rings (SSSR count). The minimum absolute atomic E-state index is 0.159. The van der Waals surface area contributed by atoms with Gasteiger partial charge in [0.25, 0.3) is 5.76 Å². The van der Waals surface area contributed by atoms with Crippen molar-refractivity contribution in [2.45, 2.75) is 30.9 Å². The van der Waals surface area contributed by atoms with Crippen LogP contribution < -0.4 is 5.32 Å². The zero-order valence-corrected chi connectivity index (χ0v) is 13.2. The topological polar surface area (TPSA) is 29.1 Å². The molecular weight excluding hydrogens is 304 g/mol. The molecule has 2 aromatic carbocycles. The van der Waals surface area contributed by atoms with Crippen LogP contribution in [0, 0.1) is 13.8 Å². The van der Waals surface area contributed by atoms with E-state index < -0.39 is 5.76 Å². The SMILES string of the molecule is Cc1ccc(C)c(CC(=O)Nc2cccc(SC(F)F)c2)c1. The molecule has 0 heterocycles. The highest BCUT2D eigenvalue weighted by atomic mass is 32.2. The van der Waals surface area contributed by atoms with Crippen LogP contribution in [0.4, 0.5) is 14.5 Å². The maximum absolute atomic E-state index is 12.4. The standard InChI is InChI=1S/C17H17F2NOS/c1-11-6-7-12(2)13(8-11)9-16(21)20-14-4-3-5-15(10-14)22-17(18)19/h3-8,10,17H,9H2,1-2H3,(H,20,21). The largest absolute Gasteiger partial charge is 0.326 e. The van der Waals surface area contributed by atoms with E-state index in [1.54, 1.807) is 24.3 Å². The summed E-state index contributed by atoms with van der Waals surface area (Å²) in [6.07, 6.45) is 0.264. The van der Waals surface area contributed by atoms with Crippen molar-refractivity contribution in [1.29, 1.82) is 0 Å². The Kier molecular flexibility index (Phi) is 5.55. The molecule has 0 aliphatic carbocycles. The van der Waals surface area contributed by atoms with E-state index >= 15 is 0 Å². The highest BCUT2D eigenvalue weighted by molar-refractivity contribution is 7.99. The fourth-order valence-electron chi connectivity index (χ4n) is 2.12. The summed E-state index contributed by atoms with van der Waals surface area (Å²) in [6.45, 7) is 3.94. The van der Waals surface area contributed by atoms with Gasteiger partial charge in [0.1, 0.15) is 0 Å². The molecule has 0 unspecified atom stereocenters. The molecule has 1 N–H and O–H groups in total. The second kappa shape index (κ2) is 7.40. The number of amides is 1. The Hall–Kier alpha value is -1.88. The predicted molar refractivity (Wildman–Crippen MR) is 86.6 cm³/mol. The molecule has 1 amide bonds. The van der Waals surface area contributed by atoms with Gasteiger partial charge < -0.3 is 5.32 Å². The van der Waals surface area contributed by atoms with Gasteiger partial charge in [0.2, 0.25) is 5.91 Å². The fraction of sp³-hybridized carbons (Fsp3) is 0.235. The Morgan fingerprint density at radius 2 is 1.95 bits per heavy atom. The highest BCUT2D eigenvalue weighted by Crippen LogP contribution is 2.27. The van der Waals surface area contributed by atoms with Crippen molar-refractivity contribution in [2.75, 3.05) is 5.32 Å². The molecule has 0 saturated carbocycles. The molecule has 0 spiro atoms. The van der Waals surface area contributed by atoms with Gasteiger partial charge in [0, 0.05) is 10.6 Å². The van der Waals surface area contributed by atoms with Gasteiger partial charge in [-0.05, 0) is 43.2 Å². The van der Waals surface area contributed by atoms with Crippen LogP contribution in [-0.2, 0) is 11.2 Å². The number of carbonyl (C=O) groups is 1. The fourth-order valence-corrected chi connectivity index (χ4v) is 2.68. The molecular formula is C17H17F2NOS. The molecule has 0 fully saturated rings. The smallest absolute Gasteiger partial charge is 0.288 e. The second-order valence-electron chi connectivity index (χ2n) is 5.06. The Balaban J connectivity index is 2.04. The number of anilines is 1. The van der Waals surface area contributed by atoms with Crippen molar-refractivity contribution < 1.29 is 13.6 Å². The summed E-state index contributed by atoms with van der Waals surface area (Å²) in [5.41, 5.74) is 3.66. The number of carbonyl (C=O) groups excluding carboxylic acids is 1. The zero-order chi connectivity index (χ0) is 16.1. The molecule has 5 heteroatoms. The van der Waals surface area contributed by atoms with Crippen molar-refractivity contribution in [3.8, 4) is 0 Å². The van der Waals surface area contributed by atoms with Gasteiger partial charge in [-0.3, -0.25) is 4.79 Å². The first-order valence-electron chi connectivity index (χ1n) is 6.85. The summed E-state index contributed by atoms with van der Waals surface area (Å²) in [6, 6.07) is 12.5. The number of benzene rings is 2. The lowest BCUT2D eigenvalue weighted by Gasteiger charge is -2.09. The van der Waals surface area contributed by atoms with Crippen LogP contribution in [0.1, 0.15) is 16.7 Å². The lowest BCUT2D eigenvalue weighted by molar-refractivity contribution is -0.115. The number of halogens is 2. The number of alkyl halides is 2. The number of hydrogen-bond acceptors (Lipinski definition) is 2. The van der Waals surface area contributed by atoms with Crippen LogP contribution in [0.2, 0.25) is 0 Å². The average molecular weight is 321 g/mol. The molecule has 2 nitrogen and oxygen atoms in total. The first-order chi connectivity index (χ1) is 10.4.